The Bertz CT molecular complexity index is 491. The summed E-state index contributed by atoms with van der Waals surface area (Å²) in [6.07, 6.45) is 0. The lowest BCUT2D eigenvalue weighted by molar-refractivity contribution is -0.140. The van der Waals surface area contributed by atoms with Crippen LogP contribution in [0.5, 0.6) is 5.75 Å². The normalized spacial score (nSPS) is 12.3. The molecule has 0 aliphatic carbocycles. The van der Waals surface area contributed by atoms with E-state index in [0.29, 0.717) is 0 Å². The standard InChI is InChI=1S/C13H15F2NO4/c1-7(2)10(12(18)19)16-11(17)8-4-3-5-9(6-8)20-13(14)15/h3-7,10,13H,1-2H3,(H,16,17)(H,18,19). The molecule has 0 spiro atoms. The van der Waals surface area contributed by atoms with Crippen LogP contribution in [0.2, 0.25) is 0 Å². The van der Waals surface area contributed by atoms with Crippen molar-refractivity contribution in [3.63, 3.8) is 0 Å². The highest BCUT2D eigenvalue weighted by molar-refractivity contribution is 5.96. The van der Waals surface area contributed by atoms with Gasteiger partial charge in [-0.1, -0.05) is 19.9 Å². The van der Waals surface area contributed by atoms with Gasteiger partial charge in [0, 0.05) is 5.56 Å². The van der Waals surface area contributed by atoms with Crippen molar-refractivity contribution in [2.45, 2.75) is 26.5 Å². The van der Waals surface area contributed by atoms with Crippen LogP contribution in [-0.4, -0.2) is 29.6 Å². The maximum Gasteiger partial charge on any atom is 0.387 e. The molecule has 1 amide bonds. The van der Waals surface area contributed by atoms with Crippen molar-refractivity contribution in [1.29, 1.82) is 0 Å². The monoisotopic (exact) mass is 287 g/mol. The Hall–Kier alpha value is -2.18. The fourth-order valence-corrected chi connectivity index (χ4v) is 1.55. The molecule has 0 heterocycles. The van der Waals surface area contributed by atoms with E-state index in [0.717, 1.165) is 6.07 Å². The molecule has 0 aliphatic heterocycles. The van der Waals surface area contributed by atoms with E-state index in [1.807, 2.05) is 0 Å². The van der Waals surface area contributed by atoms with Crippen LogP contribution in [0.3, 0.4) is 0 Å². The van der Waals surface area contributed by atoms with Gasteiger partial charge in [-0.3, -0.25) is 4.79 Å². The summed E-state index contributed by atoms with van der Waals surface area (Å²) in [5.41, 5.74) is 0.0510. The van der Waals surface area contributed by atoms with Crippen LogP contribution in [0.4, 0.5) is 8.78 Å². The van der Waals surface area contributed by atoms with E-state index in [9.17, 15) is 18.4 Å². The van der Waals surface area contributed by atoms with Crippen molar-refractivity contribution in [3.05, 3.63) is 29.8 Å². The van der Waals surface area contributed by atoms with Crippen LogP contribution in [0.15, 0.2) is 24.3 Å². The molecule has 0 saturated heterocycles. The number of carboxylic acid groups (broad SMARTS) is 1. The molecule has 7 heteroatoms. The summed E-state index contributed by atoms with van der Waals surface area (Å²) in [7, 11) is 0. The van der Waals surface area contributed by atoms with Crippen LogP contribution in [0, 0.1) is 5.92 Å². The van der Waals surface area contributed by atoms with Gasteiger partial charge >= 0.3 is 12.6 Å². The Balaban J connectivity index is 2.84. The number of ether oxygens (including phenoxy) is 1. The van der Waals surface area contributed by atoms with Gasteiger partial charge in [0.25, 0.3) is 5.91 Å². The van der Waals surface area contributed by atoms with Crippen LogP contribution < -0.4 is 10.1 Å². The van der Waals surface area contributed by atoms with E-state index in [-0.39, 0.29) is 17.2 Å². The topological polar surface area (TPSA) is 75.6 Å². The van der Waals surface area contributed by atoms with E-state index in [1.165, 1.54) is 18.2 Å². The third-order valence-corrected chi connectivity index (χ3v) is 2.54. The number of carbonyl (C=O) groups is 2. The van der Waals surface area contributed by atoms with Gasteiger partial charge in [0.2, 0.25) is 0 Å². The van der Waals surface area contributed by atoms with Gasteiger partial charge in [0.05, 0.1) is 0 Å². The van der Waals surface area contributed by atoms with Crippen molar-refractivity contribution in [1.82, 2.24) is 5.32 Å². The quantitative estimate of drug-likeness (QED) is 0.840. The Morgan fingerprint density at radius 2 is 1.95 bits per heavy atom. The number of rotatable bonds is 6. The van der Waals surface area contributed by atoms with Gasteiger partial charge in [-0.15, -0.1) is 0 Å². The minimum atomic E-state index is -2.99. The molecule has 1 rings (SSSR count). The predicted molar refractivity (Wildman–Crippen MR) is 66.8 cm³/mol. The minimum absolute atomic E-state index is 0.0510. The number of aliphatic carboxylic acids is 1. The van der Waals surface area contributed by atoms with E-state index in [1.54, 1.807) is 13.8 Å². The second-order valence-corrected chi connectivity index (χ2v) is 4.44. The number of carboxylic acids is 1. The predicted octanol–water partition coefficient (Wildman–Crippen LogP) is 2.13. The summed E-state index contributed by atoms with van der Waals surface area (Å²) >= 11 is 0. The van der Waals surface area contributed by atoms with Gasteiger partial charge < -0.3 is 15.2 Å². The van der Waals surface area contributed by atoms with Crippen LogP contribution in [0.25, 0.3) is 0 Å². The number of hydrogen-bond acceptors (Lipinski definition) is 3. The molecule has 110 valence electrons. The number of hydrogen-bond donors (Lipinski definition) is 2. The Labute approximate surface area is 114 Å². The molecule has 0 saturated carbocycles. The van der Waals surface area contributed by atoms with Gasteiger partial charge in [-0.2, -0.15) is 8.78 Å². The summed E-state index contributed by atoms with van der Waals surface area (Å²) in [6, 6.07) is 4.10. The second kappa shape index (κ2) is 6.83. The Kier molecular flexibility index (Phi) is 5.42. The molecule has 1 atom stereocenters. The first kappa shape index (κ1) is 15.9. The molecule has 0 radical (unpaired) electrons. The molecule has 1 aromatic carbocycles. The number of amides is 1. The molecule has 0 aromatic heterocycles. The van der Waals surface area contributed by atoms with Crippen molar-refractivity contribution < 1.29 is 28.2 Å². The first-order chi connectivity index (χ1) is 9.31. The molecular weight excluding hydrogens is 272 g/mol. The summed E-state index contributed by atoms with van der Waals surface area (Å²) in [5, 5.41) is 11.3. The molecule has 1 unspecified atom stereocenters. The number of alkyl halides is 2. The zero-order chi connectivity index (χ0) is 15.3. The number of benzene rings is 1. The maximum absolute atomic E-state index is 12.1. The zero-order valence-corrected chi connectivity index (χ0v) is 11.0. The van der Waals surface area contributed by atoms with Gasteiger partial charge in [0.15, 0.2) is 0 Å². The minimum Gasteiger partial charge on any atom is -0.480 e. The van der Waals surface area contributed by atoms with E-state index >= 15 is 0 Å². The lowest BCUT2D eigenvalue weighted by Gasteiger charge is -2.18. The van der Waals surface area contributed by atoms with Crippen LogP contribution in [0.1, 0.15) is 24.2 Å². The smallest absolute Gasteiger partial charge is 0.387 e. The highest BCUT2D eigenvalue weighted by Crippen LogP contribution is 2.16. The summed E-state index contributed by atoms with van der Waals surface area (Å²) in [4.78, 5) is 22.9. The first-order valence-electron chi connectivity index (χ1n) is 5.89. The fourth-order valence-electron chi connectivity index (χ4n) is 1.55. The lowest BCUT2D eigenvalue weighted by atomic mass is 10.0. The van der Waals surface area contributed by atoms with Crippen molar-refractivity contribution >= 4 is 11.9 Å². The van der Waals surface area contributed by atoms with E-state index in [4.69, 9.17) is 5.11 Å². The SMILES string of the molecule is CC(C)C(NC(=O)c1cccc(OC(F)F)c1)C(=O)O. The van der Waals surface area contributed by atoms with E-state index < -0.39 is 24.5 Å². The summed E-state index contributed by atoms with van der Waals surface area (Å²) < 4.78 is 28.3. The van der Waals surface area contributed by atoms with Crippen molar-refractivity contribution in [2.24, 2.45) is 5.92 Å². The Morgan fingerprint density at radius 3 is 2.45 bits per heavy atom. The maximum atomic E-state index is 12.1. The van der Waals surface area contributed by atoms with Gasteiger partial charge in [-0.25, -0.2) is 4.79 Å². The molecular formula is C13H15F2NO4. The van der Waals surface area contributed by atoms with Crippen molar-refractivity contribution in [3.8, 4) is 5.75 Å². The molecule has 0 fully saturated rings. The molecule has 0 aliphatic rings. The molecule has 1 aromatic rings. The number of halogens is 2. The first-order valence-corrected chi connectivity index (χ1v) is 5.89. The van der Waals surface area contributed by atoms with Gasteiger partial charge in [0.1, 0.15) is 11.8 Å². The Morgan fingerprint density at radius 1 is 1.30 bits per heavy atom. The summed E-state index contributed by atoms with van der Waals surface area (Å²) in [5.74, 6) is -2.29. The van der Waals surface area contributed by atoms with Crippen LogP contribution in [-0.2, 0) is 4.79 Å². The lowest BCUT2D eigenvalue weighted by Crippen LogP contribution is -2.44. The van der Waals surface area contributed by atoms with Crippen molar-refractivity contribution in [2.75, 3.05) is 0 Å². The zero-order valence-electron chi connectivity index (χ0n) is 11.0. The van der Waals surface area contributed by atoms with Gasteiger partial charge in [-0.05, 0) is 24.1 Å². The average Bonchev–Trinajstić information content (AvgIpc) is 2.34. The van der Waals surface area contributed by atoms with E-state index in [2.05, 4.69) is 10.1 Å². The molecule has 0 bridgehead atoms. The number of carbonyl (C=O) groups excluding carboxylic acids is 1. The molecule has 20 heavy (non-hydrogen) atoms. The number of nitrogens with one attached hydrogen (secondary N) is 1. The molecule has 5 nitrogen and oxygen atoms in total. The fraction of sp³-hybridized carbons (Fsp3) is 0.385. The highest BCUT2D eigenvalue weighted by Gasteiger charge is 2.24. The average molecular weight is 287 g/mol. The second-order valence-electron chi connectivity index (χ2n) is 4.44. The molecule has 2 N–H and O–H groups in total. The third kappa shape index (κ3) is 4.49. The largest absolute Gasteiger partial charge is 0.480 e. The summed E-state index contributed by atoms with van der Waals surface area (Å²) in [6.45, 7) is 0.306. The highest BCUT2D eigenvalue weighted by atomic mass is 19.3. The van der Waals surface area contributed by atoms with Crippen LogP contribution >= 0.6 is 0 Å². The third-order valence-electron chi connectivity index (χ3n) is 2.54.